The van der Waals surface area contributed by atoms with E-state index in [1.807, 2.05) is 0 Å². The van der Waals surface area contributed by atoms with Crippen molar-refractivity contribution in [1.29, 1.82) is 0 Å². The molecule has 0 bridgehead atoms. The molecule has 9 heteroatoms. The maximum atomic E-state index is 12.7. The summed E-state index contributed by atoms with van der Waals surface area (Å²) in [5, 5.41) is 5.03. The summed E-state index contributed by atoms with van der Waals surface area (Å²) in [6.45, 7) is 2.14. The molecular weight excluding hydrogens is 306 g/mol. The lowest BCUT2D eigenvalue weighted by Gasteiger charge is -2.17. The summed E-state index contributed by atoms with van der Waals surface area (Å²) in [6, 6.07) is 1.65. The first kappa shape index (κ1) is 16.5. The normalized spacial score (nSPS) is 12.2. The van der Waals surface area contributed by atoms with Crippen molar-refractivity contribution in [3.8, 4) is 0 Å². The van der Waals surface area contributed by atoms with Crippen molar-refractivity contribution in [1.82, 2.24) is 5.32 Å². The largest absolute Gasteiger partial charge is 0.417 e. The smallest absolute Gasteiger partial charge is 0.363 e. The molecular formula is C11H10F6N2S. The minimum atomic E-state index is -5.11. The summed E-state index contributed by atoms with van der Waals surface area (Å²) in [5.74, 6) is 0. The van der Waals surface area contributed by atoms with E-state index in [0.29, 0.717) is 18.7 Å². The third kappa shape index (κ3) is 4.26. The van der Waals surface area contributed by atoms with Crippen LogP contribution < -0.4 is 10.6 Å². The molecule has 0 aromatic heterocycles. The molecule has 0 atom stereocenters. The Morgan fingerprint density at radius 1 is 1.05 bits per heavy atom. The SMILES string of the molecule is CCNC(=S)Nc1ccc(C(F)(F)F)c(C(F)(F)F)c1. The van der Waals surface area contributed by atoms with Gasteiger partial charge in [0.25, 0.3) is 0 Å². The van der Waals surface area contributed by atoms with Gasteiger partial charge in [-0.05, 0) is 37.3 Å². The summed E-state index contributed by atoms with van der Waals surface area (Å²) in [6.07, 6.45) is -10.2. The highest BCUT2D eigenvalue weighted by Gasteiger charge is 2.43. The molecule has 20 heavy (non-hydrogen) atoms. The number of hydrogen-bond acceptors (Lipinski definition) is 1. The molecule has 0 aliphatic carbocycles. The second-order valence-corrected chi connectivity index (χ2v) is 4.15. The second-order valence-electron chi connectivity index (χ2n) is 3.74. The standard InChI is InChI=1S/C11H10F6N2S/c1-2-18-9(20)19-6-3-4-7(10(12,13)14)8(5-6)11(15,16)17/h3-5H,2H2,1H3,(H2,18,19,20). The van der Waals surface area contributed by atoms with E-state index < -0.39 is 23.5 Å². The van der Waals surface area contributed by atoms with Gasteiger partial charge in [-0.15, -0.1) is 0 Å². The molecule has 0 unspecified atom stereocenters. The summed E-state index contributed by atoms with van der Waals surface area (Å²) >= 11 is 4.75. The van der Waals surface area contributed by atoms with Crippen LogP contribution in [0.1, 0.15) is 18.1 Å². The number of alkyl halides is 6. The summed E-state index contributed by atoms with van der Waals surface area (Å²) in [5.41, 5.74) is -3.66. The molecule has 0 saturated carbocycles. The first-order valence-corrected chi connectivity index (χ1v) is 5.79. The zero-order valence-corrected chi connectivity index (χ0v) is 10.9. The predicted octanol–water partition coefficient (Wildman–Crippen LogP) is 4.03. The molecule has 2 nitrogen and oxygen atoms in total. The Balaban J connectivity index is 3.19. The molecule has 1 aromatic rings. The van der Waals surface area contributed by atoms with Crippen molar-refractivity contribution in [2.75, 3.05) is 11.9 Å². The van der Waals surface area contributed by atoms with Gasteiger partial charge in [-0.1, -0.05) is 0 Å². The van der Waals surface area contributed by atoms with Crippen LogP contribution in [-0.2, 0) is 12.4 Å². The van der Waals surface area contributed by atoms with Crippen LogP contribution in [0.3, 0.4) is 0 Å². The number of anilines is 1. The monoisotopic (exact) mass is 316 g/mol. The van der Waals surface area contributed by atoms with Crippen LogP contribution in [0.4, 0.5) is 32.0 Å². The zero-order chi connectivity index (χ0) is 15.6. The Labute approximate surface area is 116 Å². The van der Waals surface area contributed by atoms with E-state index in [2.05, 4.69) is 10.6 Å². The number of thiocarbonyl (C=S) groups is 1. The van der Waals surface area contributed by atoms with Crippen molar-refractivity contribution >= 4 is 23.0 Å². The fourth-order valence-corrected chi connectivity index (χ4v) is 1.70. The molecule has 1 aromatic carbocycles. The van der Waals surface area contributed by atoms with Crippen LogP contribution in [0.25, 0.3) is 0 Å². The fraction of sp³-hybridized carbons (Fsp3) is 0.364. The van der Waals surface area contributed by atoms with Gasteiger partial charge in [0, 0.05) is 12.2 Å². The van der Waals surface area contributed by atoms with E-state index in [0.717, 1.165) is 6.07 Å². The molecule has 0 radical (unpaired) electrons. The number of nitrogens with one attached hydrogen (secondary N) is 2. The molecule has 0 fully saturated rings. The van der Waals surface area contributed by atoms with Crippen molar-refractivity contribution in [2.24, 2.45) is 0 Å². The molecule has 2 N–H and O–H groups in total. The van der Waals surface area contributed by atoms with Crippen molar-refractivity contribution in [2.45, 2.75) is 19.3 Å². The number of hydrogen-bond donors (Lipinski definition) is 2. The van der Waals surface area contributed by atoms with Crippen LogP contribution in [-0.4, -0.2) is 11.7 Å². The van der Waals surface area contributed by atoms with Crippen LogP contribution in [0, 0.1) is 0 Å². The third-order valence-corrected chi connectivity index (χ3v) is 2.47. The van der Waals surface area contributed by atoms with Gasteiger partial charge in [0.05, 0.1) is 11.1 Å². The third-order valence-electron chi connectivity index (χ3n) is 2.23. The van der Waals surface area contributed by atoms with E-state index in [9.17, 15) is 26.3 Å². The Morgan fingerprint density at radius 2 is 1.60 bits per heavy atom. The van der Waals surface area contributed by atoms with E-state index in [-0.39, 0.29) is 10.8 Å². The maximum absolute atomic E-state index is 12.7. The van der Waals surface area contributed by atoms with Gasteiger partial charge in [-0.25, -0.2) is 0 Å². The van der Waals surface area contributed by atoms with Crippen LogP contribution in [0.5, 0.6) is 0 Å². The molecule has 0 heterocycles. The van der Waals surface area contributed by atoms with Gasteiger partial charge >= 0.3 is 12.4 Å². The van der Waals surface area contributed by atoms with E-state index in [1.165, 1.54) is 0 Å². The molecule has 0 aliphatic heterocycles. The van der Waals surface area contributed by atoms with Gasteiger partial charge in [-0.2, -0.15) is 26.3 Å². The molecule has 1 rings (SSSR count). The topological polar surface area (TPSA) is 24.1 Å². The van der Waals surface area contributed by atoms with Gasteiger partial charge in [-0.3, -0.25) is 0 Å². The lowest BCUT2D eigenvalue weighted by atomic mass is 10.1. The summed E-state index contributed by atoms with van der Waals surface area (Å²) < 4.78 is 75.6. The van der Waals surface area contributed by atoms with E-state index in [1.54, 1.807) is 6.92 Å². The molecule has 0 aliphatic rings. The van der Waals surface area contributed by atoms with Gasteiger partial charge in [0.2, 0.25) is 0 Å². The van der Waals surface area contributed by atoms with Gasteiger partial charge in [0.1, 0.15) is 0 Å². The highest BCUT2D eigenvalue weighted by atomic mass is 32.1. The lowest BCUT2D eigenvalue weighted by molar-refractivity contribution is -0.162. The lowest BCUT2D eigenvalue weighted by Crippen LogP contribution is -2.28. The predicted molar refractivity (Wildman–Crippen MR) is 66.3 cm³/mol. The Morgan fingerprint density at radius 3 is 2.05 bits per heavy atom. The highest BCUT2D eigenvalue weighted by Crippen LogP contribution is 2.41. The molecule has 0 amide bonds. The first-order valence-electron chi connectivity index (χ1n) is 5.39. The quantitative estimate of drug-likeness (QED) is 0.636. The molecule has 112 valence electrons. The molecule has 0 saturated heterocycles. The zero-order valence-electron chi connectivity index (χ0n) is 10.1. The van der Waals surface area contributed by atoms with E-state index >= 15 is 0 Å². The minimum absolute atomic E-state index is 0.0281. The Hall–Kier alpha value is -1.51. The van der Waals surface area contributed by atoms with Gasteiger partial charge < -0.3 is 10.6 Å². The van der Waals surface area contributed by atoms with Crippen molar-refractivity contribution in [3.63, 3.8) is 0 Å². The maximum Gasteiger partial charge on any atom is 0.417 e. The van der Waals surface area contributed by atoms with Crippen molar-refractivity contribution < 1.29 is 26.3 Å². The van der Waals surface area contributed by atoms with Crippen LogP contribution in [0.2, 0.25) is 0 Å². The average Bonchev–Trinajstić information content (AvgIpc) is 2.26. The second kappa shape index (κ2) is 5.86. The Kier molecular flexibility index (Phi) is 4.85. The van der Waals surface area contributed by atoms with Crippen molar-refractivity contribution in [3.05, 3.63) is 29.3 Å². The number of rotatable bonds is 2. The fourth-order valence-electron chi connectivity index (χ4n) is 1.44. The molecule has 0 spiro atoms. The van der Waals surface area contributed by atoms with Crippen LogP contribution in [0.15, 0.2) is 18.2 Å². The number of benzene rings is 1. The minimum Gasteiger partial charge on any atom is -0.363 e. The summed E-state index contributed by atoms with van der Waals surface area (Å²) in [4.78, 5) is 0. The van der Waals surface area contributed by atoms with Crippen LogP contribution >= 0.6 is 12.2 Å². The highest BCUT2D eigenvalue weighted by molar-refractivity contribution is 7.80. The average molecular weight is 316 g/mol. The van der Waals surface area contributed by atoms with Gasteiger partial charge in [0.15, 0.2) is 5.11 Å². The first-order chi connectivity index (χ1) is 9.05. The van der Waals surface area contributed by atoms with E-state index in [4.69, 9.17) is 12.2 Å². The summed E-state index contributed by atoms with van der Waals surface area (Å²) in [7, 11) is 0. The number of halogens is 6. The Bertz CT molecular complexity index is 495.